The smallest absolute Gasteiger partial charge is 0.256 e. The van der Waals surface area contributed by atoms with Crippen molar-refractivity contribution >= 4 is 28.0 Å². The molecule has 1 heterocycles. The molecule has 3 aromatic rings. The van der Waals surface area contributed by atoms with Crippen LogP contribution in [0.3, 0.4) is 0 Å². The molecule has 1 amide bonds. The Morgan fingerprint density at radius 1 is 0.769 bits per heavy atom. The molecule has 0 aliphatic heterocycles. The topological polar surface area (TPSA) is 46.2 Å². The zero-order valence-corrected chi connectivity index (χ0v) is 16.2. The Balaban J connectivity index is 1.94. The van der Waals surface area contributed by atoms with E-state index in [-0.39, 0.29) is 11.7 Å². The van der Waals surface area contributed by atoms with Crippen LogP contribution in [0.4, 0.5) is 5.00 Å². The maximum atomic E-state index is 13.0. The van der Waals surface area contributed by atoms with Crippen molar-refractivity contribution in [3.63, 3.8) is 0 Å². The fourth-order valence-corrected chi connectivity index (χ4v) is 3.77. The highest BCUT2D eigenvalue weighted by molar-refractivity contribution is 7.17. The maximum absolute atomic E-state index is 13.0. The van der Waals surface area contributed by atoms with E-state index in [9.17, 15) is 9.59 Å². The van der Waals surface area contributed by atoms with Gasteiger partial charge in [0.15, 0.2) is 5.78 Å². The summed E-state index contributed by atoms with van der Waals surface area (Å²) >= 11 is 1.44. The van der Waals surface area contributed by atoms with E-state index in [1.807, 2.05) is 64.1 Å². The zero-order valence-electron chi connectivity index (χ0n) is 15.3. The molecule has 3 nitrogen and oxygen atoms in total. The number of ketones is 1. The number of anilines is 1. The molecule has 26 heavy (non-hydrogen) atoms. The molecule has 2 aromatic carbocycles. The van der Waals surface area contributed by atoms with E-state index in [0.717, 1.165) is 21.6 Å². The van der Waals surface area contributed by atoms with Gasteiger partial charge in [0.1, 0.15) is 5.00 Å². The van der Waals surface area contributed by atoms with E-state index >= 15 is 0 Å². The molecule has 0 unspecified atom stereocenters. The fourth-order valence-electron chi connectivity index (χ4n) is 2.72. The molecule has 0 spiro atoms. The minimum atomic E-state index is -0.204. The van der Waals surface area contributed by atoms with Gasteiger partial charge in [-0.1, -0.05) is 47.5 Å². The molecular formula is C22H21NO2S. The van der Waals surface area contributed by atoms with Gasteiger partial charge in [-0.2, -0.15) is 0 Å². The fraction of sp³-hybridized carbons (Fsp3) is 0.182. The van der Waals surface area contributed by atoms with Crippen LogP contribution < -0.4 is 5.32 Å². The Labute approximate surface area is 157 Å². The van der Waals surface area contributed by atoms with Crippen molar-refractivity contribution in [3.8, 4) is 0 Å². The van der Waals surface area contributed by atoms with Crippen LogP contribution in [0.1, 0.15) is 47.8 Å². The average molecular weight is 363 g/mol. The first-order valence-corrected chi connectivity index (χ1v) is 9.28. The number of amides is 1. The largest absolute Gasteiger partial charge is 0.313 e. The number of aryl methyl sites for hydroxylation is 3. The summed E-state index contributed by atoms with van der Waals surface area (Å²) in [6.45, 7) is 7.86. The minimum Gasteiger partial charge on any atom is -0.313 e. The van der Waals surface area contributed by atoms with Crippen LogP contribution >= 0.6 is 11.3 Å². The van der Waals surface area contributed by atoms with Crippen molar-refractivity contribution in [3.05, 3.63) is 86.8 Å². The zero-order chi connectivity index (χ0) is 18.8. The van der Waals surface area contributed by atoms with Gasteiger partial charge in [0, 0.05) is 16.0 Å². The van der Waals surface area contributed by atoms with E-state index < -0.39 is 0 Å². The second kappa shape index (κ2) is 7.26. The number of rotatable bonds is 4. The quantitative estimate of drug-likeness (QED) is 0.625. The summed E-state index contributed by atoms with van der Waals surface area (Å²) < 4.78 is 0. The van der Waals surface area contributed by atoms with E-state index in [4.69, 9.17) is 0 Å². The predicted molar refractivity (Wildman–Crippen MR) is 108 cm³/mol. The number of thiophene rings is 1. The van der Waals surface area contributed by atoms with E-state index in [1.54, 1.807) is 12.1 Å². The molecule has 0 aliphatic carbocycles. The summed E-state index contributed by atoms with van der Waals surface area (Å²) in [5.74, 6) is -0.268. The number of carbonyl (C=O) groups is 2. The molecule has 1 aromatic heterocycles. The van der Waals surface area contributed by atoms with Gasteiger partial charge < -0.3 is 5.32 Å². The van der Waals surface area contributed by atoms with Crippen LogP contribution in [0.5, 0.6) is 0 Å². The summed E-state index contributed by atoms with van der Waals surface area (Å²) in [6.07, 6.45) is 0. The van der Waals surface area contributed by atoms with E-state index in [2.05, 4.69) is 5.32 Å². The molecule has 0 saturated heterocycles. The first kappa shape index (κ1) is 18.1. The van der Waals surface area contributed by atoms with Crippen molar-refractivity contribution in [2.75, 3.05) is 5.32 Å². The minimum absolute atomic E-state index is 0.0638. The first-order valence-electron chi connectivity index (χ1n) is 8.46. The predicted octanol–water partition coefficient (Wildman–Crippen LogP) is 5.47. The molecule has 4 heteroatoms. The normalized spacial score (nSPS) is 10.6. The molecule has 0 atom stereocenters. The van der Waals surface area contributed by atoms with Gasteiger partial charge in [0.25, 0.3) is 5.91 Å². The highest BCUT2D eigenvalue weighted by atomic mass is 32.1. The monoisotopic (exact) mass is 363 g/mol. The van der Waals surface area contributed by atoms with Gasteiger partial charge in [-0.05, 0) is 45.4 Å². The molecular weight excluding hydrogens is 342 g/mol. The SMILES string of the molecule is Cc1ccc(C(=O)Nc2sc(C)c(C)c2C(=O)c2ccc(C)cc2)cc1. The van der Waals surface area contributed by atoms with Gasteiger partial charge in [-0.25, -0.2) is 0 Å². The van der Waals surface area contributed by atoms with Gasteiger partial charge in [0.05, 0.1) is 5.56 Å². The van der Waals surface area contributed by atoms with Crippen LogP contribution in [-0.4, -0.2) is 11.7 Å². The number of hydrogen-bond donors (Lipinski definition) is 1. The Morgan fingerprint density at radius 3 is 1.81 bits per heavy atom. The van der Waals surface area contributed by atoms with E-state index in [0.29, 0.717) is 21.7 Å². The Bertz CT molecular complexity index is 967. The lowest BCUT2D eigenvalue weighted by Gasteiger charge is -2.08. The summed E-state index contributed by atoms with van der Waals surface area (Å²) in [5.41, 5.74) is 4.90. The van der Waals surface area contributed by atoms with Crippen LogP contribution in [-0.2, 0) is 0 Å². The molecule has 0 bridgehead atoms. The lowest BCUT2D eigenvalue weighted by atomic mass is 10.00. The van der Waals surface area contributed by atoms with Crippen molar-refractivity contribution in [2.45, 2.75) is 27.7 Å². The standard InChI is InChI=1S/C22H21NO2S/c1-13-5-9-17(10-6-13)20(24)19-15(3)16(4)26-22(19)23-21(25)18-11-7-14(2)8-12-18/h5-12H,1-4H3,(H,23,25). The van der Waals surface area contributed by atoms with Gasteiger partial charge in [-0.3, -0.25) is 9.59 Å². The van der Waals surface area contributed by atoms with E-state index in [1.165, 1.54) is 11.3 Å². The molecule has 132 valence electrons. The van der Waals surface area contributed by atoms with Crippen LogP contribution in [0, 0.1) is 27.7 Å². The van der Waals surface area contributed by atoms with Gasteiger partial charge >= 0.3 is 0 Å². The summed E-state index contributed by atoms with van der Waals surface area (Å²) in [4.78, 5) is 26.6. The van der Waals surface area contributed by atoms with Crippen molar-refractivity contribution in [2.24, 2.45) is 0 Å². The van der Waals surface area contributed by atoms with Crippen molar-refractivity contribution in [1.29, 1.82) is 0 Å². The molecule has 0 saturated carbocycles. The van der Waals surface area contributed by atoms with Gasteiger partial charge in [-0.15, -0.1) is 11.3 Å². The molecule has 0 radical (unpaired) electrons. The Morgan fingerprint density at radius 2 is 1.27 bits per heavy atom. The van der Waals surface area contributed by atoms with Crippen molar-refractivity contribution in [1.82, 2.24) is 0 Å². The van der Waals surface area contributed by atoms with Crippen molar-refractivity contribution < 1.29 is 9.59 Å². The summed E-state index contributed by atoms with van der Waals surface area (Å²) in [6, 6.07) is 14.9. The summed E-state index contributed by atoms with van der Waals surface area (Å²) in [7, 11) is 0. The number of benzene rings is 2. The second-order valence-electron chi connectivity index (χ2n) is 6.50. The first-order chi connectivity index (χ1) is 12.4. The number of carbonyl (C=O) groups excluding carboxylic acids is 2. The molecule has 0 aliphatic rings. The van der Waals surface area contributed by atoms with Gasteiger partial charge in [0.2, 0.25) is 0 Å². The average Bonchev–Trinajstić information content (AvgIpc) is 2.89. The number of hydrogen-bond acceptors (Lipinski definition) is 3. The lowest BCUT2D eigenvalue weighted by molar-refractivity contribution is 0.102. The maximum Gasteiger partial charge on any atom is 0.256 e. The van der Waals surface area contributed by atoms with Crippen LogP contribution in [0.15, 0.2) is 48.5 Å². The summed E-state index contributed by atoms with van der Waals surface area (Å²) in [5, 5.41) is 3.54. The van der Waals surface area contributed by atoms with Crippen LogP contribution in [0.25, 0.3) is 0 Å². The second-order valence-corrected chi connectivity index (χ2v) is 7.73. The molecule has 0 fully saturated rings. The Hall–Kier alpha value is -2.72. The highest BCUT2D eigenvalue weighted by Gasteiger charge is 2.22. The highest BCUT2D eigenvalue weighted by Crippen LogP contribution is 2.34. The third kappa shape index (κ3) is 3.60. The lowest BCUT2D eigenvalue weighted by Crippen LogP contribution is -2.14. The molecule has 3 rings (SSSR count). The Kier molecular flexibility index (Phi) is 5.05. The number of nitrogens with one attached hydrogen (secondary N) is 1. The third-order valence-corrected chi connectivity index (χ3v) is 5.59. The third-order valence-electron chi connectivity index (χ3n) is 4.47. The van der Waals surface area contributed by atoms with Crippen LogP contribution in [0.2, 0.25) is 0 Å². The molecule has 1 N–H and O–H groups in total.